The number of carbonyl (C=O) groups is 1. The van der Waals surface area contributed by atoms with Crippen LogP contribution in [0.5, 0.6) is 0 Å². The van der Waals surface area contributed by atoms with Crippen molar-refractivity contribution in [3.63, 3.8) is 0 Å². The van der Waals surface area contributed by atoms with Crippen molar-refractivity contribution in [3.05, 3.63) is 23.4 Å². The molecule has 0 bridgehead atoms. The number of rotatable bonds is 2. The molecule has 8 heteroatoms. The second kappa shape index (κ2) is 5.60. The Kier molecular flexibility index (Phi) is 4.02. The third-order valence-electron chi connectivity index (χ3n) is 3.48. The molecule has 1 fully saturated rings. The quantitative estimate of drug-likeness (QED) is 0.900. The normalized spacial score (nSPS) is 16.6. The molecule has 1 saturated heterocycles. The molecule has 2 rings (SSSR count). The molecule has 21 heavy (non-hydrogen) atoms. The summed E-state index contributed by atoms with van der Waals surface area (Å²) in [5.74, 6) is -0.681. The van der Waals surface area contributed by atoms with Crippen LogP contribution in [0.2, 0.25) is 0 Å². The first-order valence-corrected chi connectivity index (χ1v) is 6.35. The Morgan fingerprint density at radius 3 is 2.48 bits per heavy atom. The van der Waals surface area contributed by atoms with Crippen LogP contribution >= 0.6 is 0 Å². The van der Waals surface area contributed by atoms with Crippen LogP contribution in [0.3, 0.4) is 0 Å². The van der Waals surface area contributed by atoms with Crippen molar-refractivity contribution in [2.75, 3.05) is 18.0 Å². The molecule has 1 amide bonds. The van der Waals surface area contributed by atoms with Crippen LogP contribution in [0.25, 0.3) is 0 Å². The average Bonchev–Trinajstić information content (AvgIpc) is 2.45. The van der Waals surface area contributed by atoms with E-state index in [0.717, 1.165) is 12.1 Å². The number of halogens is 3. The summed E-state index contributed by atoms with van der Waals surface area (Å²) in [4.78, 5) is 16.3. The van der Waals surface area contributed by atoms with Crippen LogP contribution in [0.15, 0.2) is 12.1 Å². The van der Waals surface area contributed by atoms with Gasteiger partial charge < -0.3 is 10.6 Å². The Bertz CT molecular complexity index is 586. The van der Waals surface area contributed by atoms with E-state index in [-0.39, 0.29) is 17.3 Å². The van der Waals surface area contributed by atoms with E-state index in [2.05, 4.69) is 4.98 Å². The summed E-state index contributed by atoms with van der Waals surface area (Å²) in [6.45, 7) is 0.688. The maximum Gasteiger partial charge on any atom is 0.433 e. The molecular formula is C13H13F3N4O. The highest BCUT2D eigenvalue weighted by atomic mass is 19.4. The number of piperidine rings is 1. The molecular weight excluding hydrogens is 285 g/mol. The first-order chi connectivity index (χ1) is 9.82. The maximum absolute atomic E-state index is 12.7. The van der Waals surface area contributed by atoms with Crippen LogP contribution in [-0.4, -0.2) is 24.0 Å². The predicted octanol–water partition coefficient (Wildman–Crippen LogP) is 1.67. The van der Waals surface area contributed by atoms with E-state index < -0.39 is 17.8 Å². The van der Waals surface area contributed by atoms with Gasteiger partial charge in [-0.3, -0.25) is 4.79 Å². The zero-order valence-electron chi connectivity index (χ0n) is 11.0. The molecule has 1 aliphatic heterocycles. The number of carbonyl (C=O) groups excluding carboxylic acids is 1. The fraction of sp³-hybridized carbons (Fsp3) is 0.462. The average molecular weight is 298 g/mol. The Morgan fingerprint density at radius 1 is 1.38 bits per heavy atom. The van der Waals surface area contributed by atoms with Gasteiger partial charge in [-0.2, -0.15) is 18.4 Å². The highest BCUT2D eigenvalue weighted by Gasteiger charge is 2.34. The molecule has 2 N–H and O–H groups in total. The number of anilines is 1. The summed E-state index contributed by atoms with van der Waals surface area (Å²) in [6, 6.07) is 3.75. The van der Waals surface area contributed by atoms with Crippen LogP contribution in [0.4, 0.5) is 19.0 Å². The Labute approximate surface area is 119 Å². The Hall–Kier alpha value is -2.30. The van der Waals surface area contributed by atoms with E-state index in [9.17, 15) is 18.0 Å². The third-order valence-corrected chi connectivity index (χ3v) is 3.48. The van der Waals surface area contributed by atoms with E-state index in [1.165, 1.54) is 0 Å². The van der Waals surface area contributed by atoms with Gasteiger partial charge in [0.1, 0.15) is 17.6 Å². The van der Waals surface area contributed by atoms with Crippen molar-refractivity contribution in [2.24, 2.45) is 11.7 Å². The molecule has 1 aromatic rings. The van der Waals surface area contributed by atoms with E-state index >= 15 is 0 Å². The van der Waals surface area contributed by atoms with Crippen LogP contribution in [0.1, 0.15) is 24.1 Å². The van der Waals surface area contributed by atoms with Crippen molar-refractivity contribution in [3.8, 4) is 6.07 Å². The van der Waals surface area contributed by atoms with Gasteiger partial charge in [0.05, 0.1) is 5.56 Å². The minimum absolute atomic E-state index is 0.00949. The lowest BCUT2D eigenvalue weighted by Crippen LogP contribution is -2.39. The minimum atomic E-state index is -4.56. The number of nitriles is 1. The topological polar surface area (TPSA) is 83.0 Å². The molecule has 0 unspecified atom stereocenters. The van der Waals surface area contributed by atoms with Gasteiger partial charge in [0.25, 0.3) is 0 Å². The van der Waals surface area contributed by atoms with Crippen molar-refractivity contribution in [2.45, 2.75) is 19.0 Å². The summed E-state index contributed by atoms with van der Waals surface area (Å²) in [7, 11) is 0. The summed E-state index contributed by atoms with van der Waals surface area (Å²) in [6.07, 6.45) is -3.68. The van der Waals surface area contributed by atoms with Crippen LogP contribution in [-0.2, 0) is 11.0 Å². The number of hydrogen-bond donors (Lipinski definition) is 1. The summed E-state index contributed by atoms with van der Waals surface area (Å²) < 4.78 is 38.1. The van der Waals surface area contributed by atoms with E-state index in [0.29, 0.717) is 25.9 Å². The molecule has 0 radical (unpaired) electrons. The number of pyridine rings is 1. The molecule has 112 valence electrons. The Balaban J connectivity index is 2.27. The van der Waals surface area contributed by atoms with Gasteiger partial charge in [0.15, 0.2) is 0 Å². The molecule has 0 aromatic carbocycles. The number of nitrogens with two attached hydrogens (primary N) is 1. The maximum atomic E-state index is 12.7. The molecule has 0 saturated carbocycles. The van der Waals surface area contributed by atoms with E-state index in [1.54, 1.807) is 4.90 Å². The largest absolute Gasteiger partial charge is 0.433 e. The van der Waals surface area contributed by atoms with Gasteiger partial charge in [-0.25, -0.2) is 4.98 Å². The molecule has 1 aromatic heterocycles. The zero-order valence-corrected chi connectivity index (χ0v) is 11.0. The van der Waals surface area contributed by atoms with Gasteiger partial charge in [-0.1, -0.05) is 0 Å². The smallest absolute Gasteiger partial charge is 0.369 e. The molecule has 1 aliphatic rings. The van der Waals surface area contributed by atoms with Gasteiger partial charge in [-0.05, 0) is 25.0 Å². The lowest BCUT2D eigenvalue weighted by molar-refractivity contribution is -0.141. The number of amides is 1. The predicted molar refractivity (Wildman–Crippen MR) is 68.1 cm³/mol. The Morgan fingerprint density at radius 2 is 2.00 bits per heavy atom. The van der Waals surface area contributed by atoms with Gasteiger partial charge in [0.2, 0.25) is 5.91 Å². The molecule has 2 heterocycles. The number of primary amides is 1. The monoisotopic (exact) mass is 298 g/mol. The van der Waals surface area contributed by atoms with Gasteiger partial charge in [-0.15, -0.1) is 0 Å². The first kappa shape index (κ1) is 15.1. The van der Waals surface area contributed by atoms with Crippen LogP contribution in [0, 0.1) is 17.2 Å². The van der Waals surface area contributed by atoms with Crippen LogP contribution < -0.4 is 10.6 Å². The van der Waals surface area contributed by atoms with Gasteiger partial charge in [0, 0.05) is 19.0 Å². The summed E-state index contributed by atoms with van der Waals surface area (Å²) >= 11 is 0. The lowest BCUT2D eigenvalue weighted by Gasteiger charge is -2.32. The number of nitrogens with zero attached hydrogens (tertiary/aromatic N) is 3. The molecule has 0 aliphatic carbocycles. The van der Waals surface area contributed by atoms with Crippen molar-refractivity contribution in [1.29, 1.82) is 5.26 Å². The van der Waals surface area contributed by atoms with Crippen molar-refractivity contribution < 1.29 is 18.0 Å². The zero-order chi connectivity index (χ0) is 15.6. The molecule has 5 nitrogen and oxygen atoms in total. The fourth-order valence-corrected chi connectivity index (χ4v) is 2.31. The van der Waals surface area contributed by atoms with Crippen molar-refractivity contribution in [1.82, 2.24) is 4.98 Å². The summed E-state index contributed by atoms with van der Waals surface area (Å²) in [5, 5.41) is 9.01. The second-order valence-electron chi connectivity index (χ2n) is 4.84. The first-order valence-electron chi connectivity index (χ1n) is 6.35. The number of hydrogen-bond acceptors (Lipinski definition) is 4. The van der Waals surface area contributed by atoms with Gasteiger partial charge >= 0.3 is 6.18 Å². The highest BCUT2D eigenvalue weighted by molar-refractivity contribution is 5.77. The highest BCUT2D eigenvalue weighted by Crippen LogP contribution is 2.31. The van der Waals surface area contributed by atoms with Crippen molar-refractivity contribution >= 4 is 11.7 Å². The standard InChI is InChI=1S/C13H13F3N4O/c14-13(15,16)10-2-1-9(7-17)12(19-10)20-5-3-8(4-6-20)11(18)21/h1-2,8H,3-6H2,(H2,18,21). The van der Waals surface area contributed by atoms with E-state index in [4.69, 9.17) is 11.0 Å². The number of alkyl halides is 3. The summed E-state index contributed by atoms with van der Waals surface area (Å²) in [5.41, 5.74) is 4.26. The van der Waals surface area contributed by atoms with E-state index in [1.807, 2.05) is 6.07 Å². The molecule has 0 atom stereocenters. The minimum Gasteiger partial charge on any atom is -0.369 e. The number of aromatic nitrogens is 1. The lowest BCUT2D eigenvalue weighted by atomic mass is 9.96. The SMILES string of the molecule is N#Cc1ccc(C(F)(F)F)nc1N1CCC(C(N)=O)CC1. The fourth-order valence-electron chi connectivity index (χ4n) is 2.31. The second-order valence-corrected chi connectivity index (χ2v) is 4.84. The molecule has 0 spiro atoms. The third kappa shape index (κ3) is 3.24.